The van der Waals surface area contributed by atoms with Gasteiger partial charge in [-0.15, -0.1) is 0 Å². The van der Waals surface area contributed by atoms with Crippen LogP contribution < -0.4 is 10.6 Å². The van der Waals surface area contributed by atoms with Crippen molar-refractivity contribution in [3.63, 3.8) is 0 Å². The van der Waals surface area contributed by atoms with E-state index in [0.717, 1.165) is 25.8 Å². The van der Waals surface area contributed by atoms with E-state index in [2.05, 4.69) is 27.5 Å². The van der Waals surface area contributed by atoms with E-state index in [4.69, 9.17) is 23.2 Å². The highest BCUT2D eigenvalue weighted by molar-refractivity contribution is 6.42. The van der Waals surface area contributed by atoms with Crippen molar-refractivity contribution in [3.05, 3.63) is 16.5 Å². The van der Waals surface area contributed by atoms with Gasteiger partial charge in [-0.3, -0.25) is 4.79 Å². The van der Waals surface area contributed by atoms with Crippen LogP contribution in [-0.4, -0.2) is 29.0 Å². The number of nitrogens with zero attached hydrogens (tertiary/aromatic N) is 2. The van der Waals surface area contributed by atoms with E-state index < -0.39 is 0 Å². The lowest BCUT2D eigenvalue weighted by Crippen LogP contribution is -2.38. The van der Waals surface area contributed by atoms with Gasteiger partial charge in [0, 0.05) is 6.54 Å². The first-order valence-electron chi connectivity index (χ1n) is 6.27. The van der Waals surface area contributed by atoms with Crippen LogP contribution in [0.2, 0.25) is 10.2 Å². The third-order valence-electron chi connectivity index (χ3n) is 3.43. The second kappa shape index (κ2) is 6.03. The number of aromatic nitrogens is 2. The second-order valence-corrected chi connectivity index (χ2v) is 5.47. The largest absolute Gasteiger partial charge is 0.316 e. The van der Waals surface area contributed by atoms with Crippen molar-refractivity contribution < 1.29 is 4.79 Å². The number of anilines is 1. The average molecular weight is 303 g/mol. The van der Waals surface area contributed by atoms with Gasteiger partial charge in [0.2, 0.25) is 5.91 Å². The van der Waals surface area contributed by atoms with E-state index in [-0.39, 0.29) is 27.3 Å². The molecule has 0 aliphatic carbocycles. The van der Waals surface area contributed by atoms with Gasteiger partial charge in [0.05, 0.1) is 5.41 Å². The minimum absolute atomic E-state index is 0.0592. The van der Waals surface area contributed by atoms with Gasteiger partial charge in [-0.1, -0.05) is 36.5 Å². The highest BCUT2D eigenvalue weighted by Crippen LogP contribution is 2.34. The Bertz CT molecular complexity index is 475. The maximum atomic E-state index is 12.5. The number of nitrogens with one attached hydrogen (secondary N) is 2. The minimum Gasteiger partial charge on any atom is -0.316 e. The number of amides is 1. The van der Waals surface area contributed by atoms with Crippen molar-refractivity contribution in [3.8, 4) is 0 Å². The number of hydrogen-bond donors (Lipinski definition) is 2. The Morgan fingerprint density at radius 2 is 2.32 bits per heavy atom. The number of halogens is 2. The zero-order valence-corrected chi connectivity index (χ0v) is 12.2. The summed E-state index contributed by atoms with van der Waals surface area (Å²) in [4.78, 5) is 20.2. The zero-order valence-electron chi connectivity index (χ0n) is 10.7. The van der Waals surface area contributed by atoms with Crippen LogP contribution in [0.5, 0.6) is 0 Å². The molecule has 1 saturated heterocycles. The number of carbonyl (C=O) groups excluding carboxylic acids is 1. The molecular formula is C12H16Cl2N4O. The molecule has 0 bridgehead atoms. The van der Waals surface area contributed by atoms with E-state index in [1.54, 1.807) is 0 Å². The molecule has 1 aromatic heterocycles. The first-order valence-corrected chi connectivity index (χ1v) is 7.03. The van der Waals surface area contributed by atoms with Crippen molar-refractivity contribution in [2.24, 2.45) is 5.41 Å². The van der Waals surface area contributed by atoms with E-state index in [1.165, 1.54) is 6.33 Å². The van der Waals surface area contributed by atoms with Gasteiger partial charge < -0.3 is 10.6 Å². The van der Waals surface area contributed by atoms with Gasteiger partial charge in [-0.2, -0.15) is 0 Å². The Labute approximate surface area is 122 Å². The summed E-state index contributed by atoms with van der Waals surface area (Å²) < 4.78 is 0. The smallest absolute Gasteiger partial charge is 0.233 e. The van der Waals surface area contributed by atoms with Crippen LogP contribution in [0.4, 0.5) is 5.82 Å². The third-order valence-corrected chi connectivity index (χ3v) is 4.17. The second-order valence-electron chi connectivity index (χ2n) is 4.74. The summed E-state index contributed by atoms with van der Waals surface area (Å²) in [5.41, 5.74) is -0.379. The summed E-state index contributed by atoms with van der Waals surface area (Å²) in [6, 6.07) is 0. The quantitative estimate of drug-likeness (QED) is 0.839. The van der Waals surface area contributed by atoms with E-state index in [9.17, 15) is 4.79 Å². The lowest BCUT2D eigenvalue weighted by molar-refractivity contribution is -0.125. The lowest BCUT2D eigenvalue weighted by atomic mass is 9.81. The molecule has 0 spiro atoms. The molecule has 7 heteroatoms. The molecule has 2 N–H and O–H groups in total. The van der Waals surface area contributed by atoms with Gasteiger partial charge >= 0.3 is 0 Å². The van der Waals surface area contributed by atoms with Crippen LogP contribution in [0, 0.1) is 5.41 Å². The van der Waals surface area contributed by atoms with Crippen molar-refractivity contribution in [1.82, 2.24) is 15.3 Å². The Kier molecular flexibility index (Phi) is 4.60. The first kappa shape index (κ1) is 14.5. The van der Waals surface area contributed by atoms with Crippen LogP contribution in [0.3, 0.4) is 0 Å². The molecule has 2 rings (SSSR count). The number of carbonyl (C=O) groups is 1. The molecule has 0 saturated carbocycles. The lowest BCUT2D eigenvalue weighted by Gasteiger charge is -2.26. The third kappa shape index (κ3) is 2.99. The maximum absolute atomic E-state index is 12.5. The van der Waals surface area contributed by atoms with Gasteiger partial charge in [-0.25, -0.2) is 9.97 Å². The van der Waals surface area contributed by atoms with Gasteiger partial charge in [0.15, 0.2) is 11.0 Å². The molecule has 19 heavy (non-hydrogen) atoms. The Morgan fingerprint density at radius 3 is 2.95 bits per heavy atom. The molecule has 0 radical (unpaired) electrons. The predicted octanol–water partition coefficient (Wildman–Crippen LogP) is 2.50. The standard InChI is InChI=1S/C12H16Cl2N4O/c1-2-3-12(4-5-15-6-12)11(19)18-10-8(13)9(14)16-7-17-10/h7,15H,2-6H2,1H3,(H,16,17,18,19). The summed E-state index contributed by atoms with van der Waals surface area (Å²) in [6.45, 7) is 3.61. The van der Waals surface area contributed by atoms with Crippen LogP contribution >= 0.6 is 23.2 Å². The molecule has 2 heterocycles. The van der Waals surface area contributed by atoms with E-state index >= 15 is 0 Å². The predicted molar refractivity (Wildman–Crippen MR) is 75.5 cm³/mol. The van der Waals surface area contributed by atoms with E-state index in [0.29, 0.717) is 6.54 Å². The molecule has 1 atom stereocenters. The summed E-state index contributed by atoms with van der Waals surface area (Å²) in [7, 11) is 0. The zero-order chi connectivity index (χ0) is 13.9. The molecule has 104 valence electrons. The van der Waals surface area contributed by atoms with Gasteiger partial charge in [0.1, 0.15) is 11.3 Å². The molecule has 5 nitrogen and oxygen atoms in total. The van der Waals surface area contributed by atoms with Gasteiger partial charge in [0.25, 0.3) is 0 Å². The van der Waals surface area contributed by atoms with Crippen LogP contribution in [0.25, 0.3) is 0 Å². The summed E-state index contributed by atoms with van der Waals surface area (Å²) in [5, 5.41) is 6.33. The van der Waals surface area contributed by atoms with Crippen molar-refractivity contribution in [2.45, 2.75) is 26.2 Å². The Balaban J connectivity index is 2.17. The van der Waals surface area contributed by atoms with Crippen LogP contribution in [-0.2, 0) is 4.79 Å². The van der Waals surface area contributed by atoms with Crippen molar-refractivity contribution >= 4 is 34.9 Å². The molecule has 1 aromatic rings. The molecular weight excluding hydrogens is 287 g/mol. The molecule has 0 aromatic carbocycles. The maximum Gasteiger partial charge on any atom is 0.233 e. The molecule has 1 unspecified atom stereocenters. The molecule has 1 fully saturated rings. The normalized spacial score (nSPS) is 22.5. The fourth-order valence-electron chi connectivity index (χ4n) is 2.42. The highest BCUT2D eigenvalue weighted by Gasteiger charge is 2.40. The SMILES string of the molecule is CCCC1(C(=O)Nc2ncnc(Cl)c2Cl)CCNC1. The monoisotopic (exact) mass is 302 g/mol. The fourth-order valence-corrected chi connectivity index (χ4v) is 2.70. The Hall–Kier alpha value is -0.910. The molecule has 1 aliphatic rings. The van der Waals surface area contributed by atoms with Crippen molar-refractivity contribution in [1.29, 1.82) is 0 Å². The minimum atomic E-state index is -0.379. The summed E-state index contributed by atoms with van der Waals surface area (Å²) in [6.07, 6.45) is 3.89. The van der Waals surface area contributed by atoms with Crippen molar-refractivity contribution in [2.75, 3.05) is 18.4 Å². The topological polar surface area (TPSA) is 66.9 Å². The molecule has 1 aliphatic heterocycles. The highest BCUT2D eigenvalue weighted by atomic mass is 35.5. The van der Waals surface area contributed by atoms with E-state index in [1.807, 2.05) is 0 Å². The Morgan fingerprint density at radius 1 is 1.53 bits per heavy atom. The van der Waals surface area contributed by atoms with Gasteiger partial charge in [-0.05, 0) is 19.4 Å². The number of rotatable bonds is 4. The summed E-state index contributed by atoms with van der Waals surface area (Å²) in [5.74, 6) is 0.213. The number of hydrogen-bond acceptors (Lipinski definition) is 4. The fraction of sp³-hybridized carbons (Fsp3) is 0.583. The van der Waals surface area contributed by atoms with Crippen LogP contribution in [0.1, 0.15) is 26.2 Å². The van der Waals surface area contributed by atoms with Crippen LogP contribution in [0.15, 0.2) is 6.33 Å². The summed E-state index contributed by atoms with van der Waals surface area (Å²) >= 11 is 11.8. The first-order chi connectivity index (χ1) is 9.09. The average Bonchev–Trinajstić information content (AvgIpc) is 2.85. The molecule has 1 amide bonds.